The molecular weight excluding hydrogens is 276 g/mol. The van der Waals surface area contributed by atoms with E-state index in [1.165, 1.54) is 6.21 Å². The first-order valence-electron chi connectivity index (χ1n) is 5.99. The molecule has 0 unspecified atom stereocenters. The highest BCUT2D eigenvalue weighted by atomic mass is 35.5. The highest BCUT2D eigenvalue weighted by Gasteiger charge is 2.02. The fraction of sp³-hybridized carbons (Fsp3) is 0.0667. The quantitative estimate of drug-likeness (QED) is 0.671. The Kier molecular flexibility index (Phi) is 4.74. The fourth-order valence-corrected chi connectivity index (χ4v) is 1.72. The number of benzene rings is 2. The molecule has 20 heavy (non-hydrogen) atoms. The van der Waals surface area contributed by atoms with Crippen LogP contribution in [0.4, 0.5) is 0 Å². The minimum Gasteiger partial charge on any atom is -0.507 e. The van der Waals surface area contributed by atoms with Gasteiger partial charge in [-0.05, 0) is 29.8 Å². The molecule has 0 atom stereocenters. The van der Waals surface area contributed by atoms with Gasteiger partial charge in [-0.25, -0.2) is 5.43 Å². The van der Waals surface area contributed by atoms with Crippen molar-refractivity contribution in [2.75, 3.05) is 0 Å². The van der Waals surface area contributed by atoms with Crippen molar-refractivity contribution in [1.29, 1.82) is 0 Å². The predicted octanol–water partition coefficient (Wildman–Crippen LogP) is 2.74. The van der Waals surface area contributed by atoms with Crippen molar-refractivity contribution < 1.29 is 9.90 Å². The number of hydrogen-bond donors (Lipinski definition) is 2. The van der Waals surface area contributed by atoms with Crippen molar-refractivity contribution in [3.63, 3.8) is 0 Å². The third kappa shape index (κ3) is 4.10. The molecule has 2 aromatic rings. The molecule has 0 bridgehead atoms. The second kappa shape index (κ2) is 6.73. The molecule has 0 radical (unpaired) electrons. The summed E-state index contributed by atoms with van der Waals surface area (Å²) in [6, 6.07) is 13.8. The summed E-state index contributed by atoms with van der Waals surface area (Å²) in [5.41, 5.74) is 3.80. The summed E-state index contributed by atoms with van der Waals surface area (Å²) < 4.78 is 0. The van der Waals surface area contributed by atoms with E-state index in [1.54, 1.807) is 48.5 Å². The fourth-order valence-electron chi connectivity index (χ4n) is 1.60. The first-order chi connectivity index (χ1) is 9.65. The van der Waals surface area contributed by atoms with Crippen molar-refractivity contribution in [3.05, 3.63) is 64.7 Å². The van der Waals surface area contributed by atoms with Crippen LogP contribution in [-0.4, -0.2) is 17.2 Å². The lowest BCUT2D eigenvalue weighted by Crippen LogP contribution is -2.19. The number of halogens is 1. The third-order valence-corrected chi connectivity index (χ3v) is 2.86. The van der Waals surface area contributed by atoms with Crippen molar-refractivity contribution in [2.45, 2.75) is 6.42 Å². The molecule has 0 saturated carbocycles. The van der Waals surface area contributed by atoms with Crippen LogP contribution < -0.4 is 5.43 Å². The molecule has 0 fully saturated rings. The van der Waals surface area contributed by atoms with Crippen LogP contribution in [0.3, 0.4) is 0 Å². The highest BCUT2D eigenvalue weighted by molar-refractivity contribution is 6.30. The molecule has 0 aliphatic heterocycles. The number of hydrogen-bond acceptors (Lipinski definition) is 3. The van der Waals surface area contributed by atoms with Crippen LogP contribution >= 0.6 is 11.6 Å². The van der Waals surface area contributed by atoms with Gasteiger partial charge in [0.15, 0.2) is 0 Å². The minimum atomic E-state index is -0.237. The number of phenolic OH excluding ortho intramolecular Hbond substituents is 1. The van der Waals surface area contributed by atoms with E-state index in [0.717, 1.165) is 5.56 Å². The van der Waals surface area contributed by atoms with Gasteiger partial charge in [-0.1, -0.05) is 35.9 Å². The lowest BCUT2D eigenvalue weighted by atomic mass is 10.1. The Morgan fingerprint density at radius 2 is 1.90 bits per heavy atom. The number of carbonyl (C=O) groups is 1. The SMILES string of the molecule is O=C(Cc1ccc(Cl)cc1)N/N=C\c1ccccc1O. The Hall–Kier alpha value is -2.33. The maximum Gasteiger partial charge on any atom is 0.244 e. The van der Waals surface area contributed by atoms with Gasteiger partial charge >= 0.3 is 0 Å². The van der Waals surface area contributed by atoms with Crippen molar-refractivity contribution in [2.24, 2.45) is 5.10 Å². The van der Waals surface area contributed by atoms with Gasteiger partial charge in [0, 0.05) is 10.6 Å². The summed E-state index contributed by atoms with van der Waals surface area (Å²) in [6.07, 6.45) is 1.62. The summed E-state index contributed by atoms with van der Waals surface area (Å²) in [5, 5.41) is 14.0. The molecule has 1 amide bonds. The Balaban J connectivity index is 1.89. The summed E-state index contributed by atoms with van der Waals surface area (Å²) >= 11 is 5.77. The normalized spacial score (nSPS) is 10.7. The largest absolute Gasteiger partial charge is 0.507 e. The number of para-hydroxylation sites is 1. The second-order valence-corrected chi connectivity index (χ2v) is 4.59. The molecule has 0 saturated heterocycles. The number of nitrogens with one attached hydrogen (secondary N) is 1. The Labute approximate surface area is 121 Å². The molecule has 5 heteroatoms. The molecule has 2 N–H and O–H groups in total. The number of rotatable bonds is 4. The average molecular weight is 289 g/mol. The second-order valence-electron chi connectivity index (χ2n) is 4.16. The lowest BCUT2D eigenvalue weighted by Gasteiger charge is -2.01. The molecule has 2 rings (SSSR count). The van der Waals surface area contributed by atoms with Gasteiger partial charge in [-0.15, -0.1) is 0 Å². The predicted molar refractivity (Wildman–Crippen MR) is 79.0 cm³/mol. The van der Waals surface area contributed by atoms with Crippen LogP contribution in [0.15, 0.2) is 53.6 Å². The number of carbonyl (C=O) groups excluding carboxylic acids is 1. The molecule has 0 spiro atoms. The average Bonchev–Trinajstić information content (AvgIpc) is 2.43. The first-order valence-corrected chi connectivity index (χ1v) is 6.37. The summed E-state index contributed by atoms with van der Waals surface area (Å²) in [6.45, 7) is 0. The van der Waals surface area contributed by atoms with Crippen LogP contribution in [0, 0.1) is 0 Å². The highest BCUT2D eigenvalue weighted by Crippen LogP contribution is 2.12. The third-order valence-electron chi connectivity index (χ3n) is 2.61. The molecule has 0 aliphatic rings. The molecule has 102 valence electrons. The maximum absolute atomic E-state index is 11.7. The van der Waals surface area contributed by atoms with Gasteiger partial charge in [-0.2, -0.15) is 5.10 Å². The van der Waals surface area contributed by atoms with Gasteiger partial charge in [0.25, 0.3) is 0 Å². The van der Waals surface area contributed by atoms with Crippen LogP contribution in [0.5, 0.6) is 5.75 Å². The lowest BCUT2D eigenvalue weighted by molar-refractivity contribution is -0.120. The first kappa shape index (κ1) is 14.1. The smallest absolute Gasteiger partial charge is 0.244 e. The monoisotopic (exact) mass is 288 g/mol. The van der Waals surface area contributed by atoms with E-state index < -0.39 is 0 Å². The van der Waals surface area contributed by atoms with E-state index in [1.807, 2.05) is 0 Å². The zero-order valence-electron chi connectivity index (χ0n) is 10.6. The Morgan fingerprint density at radius 3 is 2.60 bits per heavy atom. The molecular formula is C15H13ClN2O2. The van der Waals surface area contributed by atoms with E-state index >= 15 is 0 Å². The van der Waals surface area contributed by atoms with Crippen molar-refractivity contribution in [3.8, 4) is 5.75 Å². The maximum atomic E-state index is 11.7. The number of hydrazone groups is 1. The van der Waals surface area contributed by atoms with Crippen LogP contribution in [0.25, 0.3) is 0 Å². The number of nitrogens with zero attached hydrogens (tertiary/aromatic N) is 1. The number of amides is 1. The molecule has 0 heterocycles. The topological polar surface area (TPSA) is 61.7 Å². The van der Waals surface area contributed by atoms with E-state index in [-0.39, 0.29) is 18.1 Å². The van der Waals surface area contributed by atoms with Gasteiger partial charge in [0.2, 0.25) is 5.91 Å². The Morgan fingerprint density at radius 1 is 1.20 bits per heavy atom. The zero-order valence-corrected chi connectivity index (χ0v) is 11.3. The Bertz CT molecular complexity index is 624. The molecule has 4 nitrogen and oxygen atoms in total. The summed E-state index contributed by atoms with van der Waals surface area (Å²) in [7, 11) is 0. The van der Waals surface area contributed by atoms with Crippen LogP contribution in [0.1, 0.15) is 11.1 Å². The van der Waals surface area contributed by atoms with Gasteiger partial charge in [0.1, 0.15) is 5.75 Å². The van der Waals surface area contributed by atoms with E-state index in [4.69, 9.17) is 11.6 Å². The molecule has 2 aromatic carbocycles. The molecule has 0 aliphatic carbocycles. The van der Waals surface area contributed by atoms with Crippen molar-refractivity contribution in [1.82, 2.24) is 5.43 Å². The molecule has 0 aromatic heterocycles. The van der Waals surface area contributed by atoms with Crippen LogP contribution in [0.2, 0.25) is 5.02 Å². The minimum absolute atomic E-state index is 0.114. The number of phenols is 1. The van der Waals surface area contributed by atoms with E-state index in [2.05, 4.69) is 10.5 Å². The standard InChI is InChI=1S/C15H13ClN2O2/c16-13-7-5-11(6-8-13)9-15(20)18-17-10-12-3-1-2-4-14(12)19/h1-8,10,19H,9H2,(H,18,20)/b17-10-. The summed E-state index contributed by atoms with van der Waals surface area (Å²) in [5.74, 6) is -0.123. The van der Waals surface area contributed by atoms with E-state index in [0.29, 0.717) is 10.6 Å². The van der Waals surface area contributed by atoms with Crippen molar-refractivity contribution >= 4 is 23.7 Å². The van der Waals surface area contributed by atoms with Gasteiger partial charge < -0.3 is 5.11 Å². The number of aromatic hydroxyl groups is 1. The van der Waals surface area contributed by atoms with Gasteiger partial charge in [0.05, 0.1) is 12.6 Å². The summed E-state index contributed by atoms with van der Waals surface area (Å²) in [4.78, 5) is 11.7. The zero-order chi connectivity index (χ0) is 14.4. The van der Waals surface area contributed by atoms with Gasteiger partial charge in [-0.3, -0.25) is 4.79 Å². The van der Waals surface area contributed by atoms with E-state index in [9.17, 15) is 9.90 Å². The van der Waals surface area contributed by atoms with Crippen LogP contribution in [-0.2, 0) is 11.2 Å².